The second kappa shape index (κ2) is 6.37. The molecule has 1 aliphatic rings. The van der Waals surface area contributed by atoms with E-state index < -0.39 is 0 Å². The van der Waals surface area contributed by atoms with Gasteiger partial charge in [0.05, 0.1) is 24.2 Å². The highest BCUT2D eigenvalue weighted by Crippen LogP contribution is 2.34. The minimum Gasteiger partial charge on any atom is -0.463 e. The van der Waals surface area contributed by atoms with Crippen LogP contribution < -0.4 is 10.5 Å². The third kappa shape index (κ3) is 2.61. The van der Waals surface area contributed by atoms with Gasteiger partial charge in [0.25, 0.3) is 5.56 Å². The van der Waals surface area contributed by atoms with Crippen LogP contribution in [0.1, 0.15) is 13.3 Å². The molecule has 0 bridgehead atoms. The molecule has 0 amide bonds. The average molecular weight is 346 g/mol. The van der Waals surface area contributed by atoms with Crippen LogP contribution >= 0.6 is 11.3 Å². The summed E-state index contributed by atoms with van der Waals surface area (Å²) in [6.07, 6.45) is 2.44. The van der Waals surface area contributed by atoms with Crippen molar-refractivity contribution in [2.75, 3.05) is 31.2 Å². The van der Waals surface area contributed by atoms with Crippen molar-refractivity contribution < 1.29 is 9.15 Å². The molecule has 0 radical (unpaired) electrons. The van der Waals surface area contributed by atoms with Crippen LogP contribution in [-0.4, -0.2) is 41.1 Å². The first-order valence-electron chi connectivity index (χ1n) is 8.06. The van der Waals surface area contributed by atoms with E-state index in [1.54, 1.807) is 6.26 Å². The largest absolute Gasteiger partial charge is 0.463 e. The van der Waals surface area contributed by atoms with Gasteiger partial charge in [0.2, 0.25) is 0 Å². The number of aryl methyl sites for hydroxylation is 1. The maximum atomic E-state index is 12.7. The van der Waals surface area contributed by atoms with E-state index >= 15 is 0 Å². The molecule has 24 heavy (non-hydrogen) atoms. The number of anilines is 1. The molecular formula is C16H18N4O3S. The van der Waals surface area contributed by atoms with Crippen LogP contribution in [0.15, 0.2) is 27.6 Å². The number of hydrogen-bond acceptors (Lipinski definition) is 7. The van der Waals surface area contributed by atoms with E-state index in [4.69, 9.17) is 9.15 Å². The topological polar surface area (TPSA) is 73.4 Å². The fourth-order valence-corrected chi connectivity index (χ4v) is 3.87. The molecule has 3 aromatic heterocycles. The third-order valence-electron chi connectivity index (χ3n) is 3.96. The number of rotatable bonds is 4. The predicted octanol–water partition coefficient (Wildman–Crippen LogP) is 2.36. The number of morpholine rings is 1. The Bertz CT molecular complexity index is 894. The van der Waals surface area contributed by atoms with Gasteiger partial charge in [-0.15, -0.1) is 0 Å². The minimum atomic E-state index is -0.141. The zero-order chi connectivity index (χ0) is 16.5. The molecule has 126 valence electrons. The van der Waals surface area contributed by atoms with E-state index in [-0.39, 0.29) is 5.56 Å². The van der Waals surface area contributed by atoms with Crippen molar-refractivity contribution >= 4 is 26.7 Å². The number of hydrogen-bond donors (Lipinski definition) is 0. The molecule has 0 aliphatic carbocycles. The van der Waals surface area contributed by atoms with Gasteiger partial charge >= 0.3 is 0 Å². The van der Waals surface area contributed by atoms with Gasteiger partial charge in [0.15, 0.2) is 16.4 Å². The van der Waals surface area contributed by atoms with Crippen LogP contribution in [0, 0.1) is 0 Å². The Morgan fingerprint density at radius 3 is 2.88 bits per heavy atom. The van der Waals surface area contributed by atoms with E-state index in [1.165, 1.54) is 16.0 Å². The summed E-state index contributed by atoms with van der Waals surface area (Å²) < 4.78 is 13.2. The smallest absolute Gasteiger partial charge is 0.294 e. The van der Waals surface area contributed by atoms with Crippen molar-refractivity contribution in [3.05, 3.63) is 28.7 Å². The number of furan rings is 1. The van der Waals surface area contributed by atoms with Crippen LogP contribution in [0.25, 0.3) is 21.7 Å². The highest BCUT2D eigenvalue weighted by atomic mass is 32.1. The van der Waals surface area contributed by atoms with Crippen molar-refractivity contribution in [3.8, 4) is 11.5 Å². The molecule has 0 aromatic carbocycles. The zero-order valence-corrected chi connectivity index (χ0v) is 14.2. The van der Waals surface area contributed by atoms with Crippen molar-refractivity contribution in [2.45, 2.75) is 19.9 Å². The van der Waals surface area contributed by atoms with Crippen LogP contribution in [0.4, 0.5) is 5.13 Å². The molecule has 0 N–H and O–H groups in total. The van der Waals surface area contributed by atoms with Gasteiger partial charge in [-0.3, -0.25) is 4.79 Å². The molecule has 1 saturated heterocycles. The van der Waals surface area contributed by atoms with E-state index in [2.05, 4.69) is 15.0 Å². The molecule has 0 spiro atoms. The summed E-state index contributed by atoms with van der Waals surface area (Å²) in [6.45, 7) is 5.51. The summed E-state index contributed by atoms with van der Waals surface area (Å²) >= 11 is 1.49. The Kier molecular flexibility index (Phi) is 4.07. The number of ether oxygens (including phenoxy) is 1. The summed E-state index contributed by atoms with van der Waals surface area (Å²) in [5.74, 6) is 0.655. The SMILES string of the molecule is CCCn1nc(-c2ccco2)c2sc(N3CCOCC3)nc2c1=O. The average Bonchev–Trinajstić information content (AvgIpc) is 3.28. The van der Waals surface area contributed by atoms with Crippen molar-refractivity contribution in [2.24, 2.45) is 0 Å². The van der Waals surface area contributed by atoms with Crippen molar-refractivity contribution in [1.29, 1.82) is 0 Å². The summed E-state index contributed by atoms with van der Waals surface area (Å²) in [5, 5.41) is 5.37. The lowest BCUT2D eigenvalue weighted by molar-refractivity contribution is 0.122. The Hall–Kier alpha value is -2.19. The molecule has 0 unspecified atom stereocenters. The van der Waals surface area contributed by atoms with Crippen LogP contribution in [0.3, 0.4) is 0 Å². The molecule has 8 heteroatoms. The molecule has 1 aliphatic heterocycles. The fraction of sp³-hybridized carbons (Fsp3) is 0.438. The molecule has 0 saturated carbocycles. The molecule has 7 nitrogen and oxygen atoms in total. The fourth-order valence-electron chi connectivity index (χ4n) is 2.78. The molecule has 4 rings (SSSR count). The number of aromatic nitrogens is 3. The summed E-state index contributed by atoms with van der Waals surface area (Å²) in [7, 11) is 0. The quantitative estimate of drug-likeness (QED) is 0.722. The molecule has 1 fully saturated rings. The highest BCUT2D eigenvalue weighted by Gasteiger charge is 2.22. The highest BCUT2D eigenvalue weighted by molar-refractivity contribution is 7.22. The number of nitrogens with zero attached hydrogens (tertiary/aromatic N) is 4. The number of thiazole rings is 1. The maximum Gasteiger partial charge on any atom is 0.294 e. The predicted molar refractivity (Wildman–Crippen MR) is 92.7 cm³/mol. The first-order valence-corrected chi connectivity index (χ1v) is 8.88. The lowest BCUT2D eigenvalue weighted by Gasteiger charge is -2.25. The third-order valence-corrected chi connectivity index (χ3v) is 5.08. The van der Waals surface area contributed by atoms with Gasteiger partial charge in [-0.05, 0) is 18.6 Å². The maximum absolute atomic E-state index is 12.7. The van der Waals surface area contributed by atoms with Crippen LogP contribution in [-0.2, 0) is 11.3 Å². The Balaban J connectivity index is 1.90. The van der Waals surface area contributed by atoms with Crippen LogP contribution in [0.5, 0.6) is 0 Å². The second-order valence-electron chi connectivity index (χ2n) is 5.63. The molecular weight excluding hydrogens is 328 g/mol. The van der Waals surface area contributed by atoms with Gasteiger partial charge in [0, 0.05) is 19.6 Å². The van der Waals surface area contributed by atoms with Gasteiger partial charge in [-0.25, -0.2) is 9.67 Å². The summed E-state index contributed by atoms with van der Waals surface area (Å²) in [6, 6.07) is 3.68. The van der Waals surface area contributed by atoms with Gasteiger partial charge < -0.3 is 14.1 Å². The standard InChI is InChI=1S/C16H18N4O3S/c1-2-5-20-15(21)13-14(12(18-20)11-4-3-8-23-11)24-16(17-13)19-6-9-22-10-7-19/h3-4,8H,2,5-7,9-10H2,1H3. The monoisotopic (exact) mass is 346 g/mol. The normalized spacial score (nSPS) is 15.3. The van der Waals surface area contributed by atoms with E-state index in [0.29, 0.717) is 36.7 Å². The minimum absolute atomic E-state index is 0.141. The summed E-state index contributed by atoms with van der Waals surface area (Å²) in [4.78, 5) is 19.5. The first-order chi connectivity index (χ1) is 11.8. The summed E-state index contributed by atoms with van der Waals surface area (Å²) in [5.41, 5.74) is 1.01. The van der Waals surface area contributed by atoms with Crippen LogP contribution in [0.2, 0.25) is 0 Å². The first kappa shape index (κ1) is 15.3. The Morgan fingerprint density at radius 2 is 2.17 bits per heavy atom. The number of fused-ring (bicyclic) bond motifs is 1. The van der Waals surface area contributed by atoms with E-state index in [0.717, 1.165) is 29.3 Å². The van der Waals surface area contributed by atoms with Crippen molar-refractivity contribution in [1.82, 2.24) is 14.8 Å². The lowest BCUT2D eigenvalue weighted by atomic mass is 10.3. The second-order valence-corrected chi connectivity index (χ2v) is 6.61. The van der Waals surface area contributed by atoms with Crippen molar-refractivity contribution in [3.63, 3.8) is 0 Å². The van der Waals surface area contributed by atoms with E-state index in [9.17, 15) is 4.79 Å². The van der Waals surface area contributed by atoms with Gasteiger partial charge in [0.1, 0.15) is 5.69 Å². The molecule has 0 atom stereocenters. The Morgan fingerprint density at radius 1 is 1.33 bits per heavy atom. The molecule has 4 heterocycles. The van der Waals surface area contributed by atoms with E-state index in [1.807, 2.05) is 19.1 Å². The van der Waals surface area contributed by atoms with Gasteiger partial charge in [-0.2, -0.15) is 5.10 Å². The Labute approximate surface area is 142 Å². The zero-order valence-electron chi connectivity index (χ0n) is 13.4. The van der Waals surface area contributed by atoms with Gasteiger partial charge in [-0.1, -0.05) is 18.3 Å². The molecule has 3 aromatic rings. The lowest BCUT2D eigenvalue weighted by Crippen LogP contribution is -2.36.